The van der Waals surface area contributed by atoms with Gasteiger partial charge in [0.1, 0.15) is 6.10 Å². The Balaban J connectivity index is 1.79. The van der Waals surface area contributed by atoms with Gasteiger partial charge in [-0.3, -0.25) is 0 Å². The van der Waals surface area contributed by atoms with Crippen molar-refractivity contribution in [3.05, 3.63) is 94.5 Å². The minimum Gasteiger partial charge on any atom is -0.380 e. The molecule has 4 nitrogen and oxygen atoms in total. The van der Waals surface area contributed by atoms with Gasteiger partial charge in [-0.2, -0.15) is 0 Å². The summed E-state index contributed by atoms with van der Waals surface area (Å²) in [7, 11) is 0. The Hall–Kier alpha value is -2.27. The SMILES string of the molecule is O[C@H](c1ccccc1)c1nccc(C2(c3ccccc3Cl)CCNCC2)n1. The van der Waals surface area contributed by atoms with Gasteiger partial charge in [0.15, 0.2) is 5.82 Å². The summed E-state index contributed by atoms with van der Waals surface area (Å²) in [6, 6.07) is 19.4. The Morgan fingerprint density at radius 3 is 2.41 bits per heavy atom. The monoisotopic (exact) mass is 379 g/mol. The van der Waals surface area contributed by atoms with Crippen molar-refractivity contribution in [2.24, 2.45) is 0 Å². The molecular weight excluding hydrogens is 358 g/mol. The number of hydrogen-bond acceptors (Lipinski definition) is 4. The van der Waals surface area contributed by atoms with E-state index in [1.54, 1.807) is 6.20 Å². The van der Waals surface area contributed by atoms with E-state index in [2.05, 4.69) is 16.4 Å². The van der Waals surface area contributed by atoms with Crippen LogP contribution in [0.25, 0.3) is 0 Å². The van der Waals surface area contributed by atoms with E-state index in [1.807, 2.05) is 54.6 Å². The topological polar surface area (TPSA) is 58.0 Å². The molecule has 0 saturated carbocycles. The van der Waals surface area contributed by atoms with Crippen molar-refractivity contribution in [1.82, 2.24) is 15.3 Å². The van der Waals surface area contributed by atoms with Crippen LogP contribution in [0.1, 0.15) is 41.6 Å². The van der Waals surface area contributed by atoms with Crippen molar-refractivity contribution in [3.63, 3.8) is 0 Å². The van der Waals surface area contributed by atoms with E-state index >= 15 is 0 Å². The van der Waals surface area contributed by atoms with Crippen molar-refractivity contribution >= 4 is 11.6 Å². The Morgan fingerprint density at radius 1 is 0.963 bits per heavy atom. The van der Waals surface area contributed by atoms with Gasteiger partial charge in [0, 0.05) is 16.6 Å². The molecule has 4 rings (SSSR count). The number of aliphatic hydroxyl groups is 1. The lowest BCUT2D eigenvalue weighted by atomic mass is 9.70. The molecule has 2 aromatic carbocycles. The third kappa shape index (κ3) is 3.48. The molecule has 1 aliphatic rings. The highest BCUT2D eigenvalue weighted by Crippen LogP contribution is 2.42. The van der Waals surface area contributed by atoms with Crippen LogP contribution >= 0.6 is 11.6 Å². The second kappa shape index (κ2) is 7.77. The molecule has 2 heterocycles. The summed E-state index contributed by atoms with van der Waals surface area (Å²) in [5.41, 5.74) is 2.51. The molecule has 0 unspecified atom stereocenters. The largest absolute Gasteiger partial charge is 0.380 e. The first-order valence-electron chi connectivity index (χ1n) is 9.23. The molecule has 0 spiro atoms. The van der Waals surface area contributed by atoms with E-state index in [0.717, 1.165) is 47.8 Å². The molecular formula is C22H22ClN3O. The second-order valence-electron chi connectivity index (χ2n) is 6.93. The molecule has 0 radical (unpaired) electrons. The summed E-state index contributed by atoms with van der Waals surface area (Å²) in [4.78, 5) is 9.16. The van der Waals surface area contributed by atoms with Gasteiger partial charge in [-0.1, -0.05) is 60.1 Å². The van der Waals surface area contributed by atoms with Crippen LogP contribution in [-0.4, -0.2) is 28.2 Å². The van der Waals surface area contributed by atoms with Gasteiger partial charge in [0.2, 0.25) is 0 Å². The Morgan fingerprint density at radius 2 is 1.67 bits per heavy atom. The molecule has 2 N–H and O–H groups in total. The predicted molar refractivity (Wildman–Crippen MR) is 107 cm³/mol. The van der Waals surface area contributed by atoms with E-state index in [9.17, 15) is 5.11 Å². The zero-order chi connectivity index (χ0) is 18.7. The van der Waals surface area contributed by atoms with Crippen LogP contribution in [0.2, 0.25) is 5.02 Å². The molecule has 5 heteroatoms. The standard InChI is InChI=1S/C22H22ClN3O/c23-18-9-5-4-8-17(18)22(11-14-24-15-12-22)19-10-13-25-21(26-19)20(27)16-6-2-1-3-7-16/h1-10,13,20,24,27H,11-12,14-15H2/t20-/m1/s1. The van der Waals surface area contributed by atoms with Crippen molar-refractivity contribution in [2.75, 3.05) is 13.1 Å². The van der Waals surface area contributed by atoms with Crippen LogP contribution < -0.4 is 5.32 Å². The minimum absolute atomic E-state index is 0.280. The summed E-state index contributed by atoms with van der Waals surface area (Å²) in [5, 5.41) is 14.9. The van der Waals surface area contributed by atoms with Gasteiger partial charge in [-0.25, -0.2) is 9.97 Å². The molecule has 0 aliphatic carbocycles. The summed E-state index contributed by atoms with van der Waals surface area (Å²) >= 11 is 6.58. The molecule has 3 aromatic rings. The van der Waals surface area contributed by atoms with Gasteiger partial charge in [-0.05, 0) is 49.2 Å². The number of benzene rings is 2. The Labute approximate surface area is 164 Å². The highest BCUT2D eigenvalue weighted by Gasteiger charge is 2.39. The number of aromatic nitrogens is 2. The second-order valence-corrected chi connectivity index (χ2v) is 7.33. The van der Waals surface area contributed by atoms with Crippen LogP contribution in [0.3, 0.4) is 0 Å². The molecule has 1 aliphatic heterocycles. The fraction of sp³-hybridized carbons (Fsp3) is 0.273. The zero-order valence-corrected chi connectivity index (χ0v) is 15.7. The smallest absolute Gasteiger partial charge is 0.161 e. The normalized spacial score (nSPS) is 17.4. The third-order valence-corrected chi connectivity index (χ3v) is 5.70. The lowest BCUT2D eigenvalue weighted by molar-refractivity contribution is 0.208. The fourth-order valence-corrected chi connectivity index (χ4v) is 4.24. The highest BCUT2D eigenvalue weighted by molar-refractivity contribution is 6.31. The van der Waals surface area contributed by atoms with Gasteiger partial charge >= 0.3 is 0 Å². The quantitative estimate of drug-likeness (QED) is 0.722. The molecule has 138 valence electrons. The maximum Gasteiger partial charge on any atom is 0.161 e. The van der Waals surface area contributed by atoms with Crippen LogP contribution in [0.15, 0.2) is 66.9 Å². The van der Waals surface area contributed by atoms with E-state index < -0.39 is 6.10 Å². The number of aliphatic hydroxyl groups excluding tert-OH is 1. The number of nitrogens with one attached hydrogen (secondary N) is 1. The van der Waals surface area contributed by atoms with Crippen molar-refractivity contribution in [1.29, 1.82) is 0 Å². The molecule has 1 saturated heterocycles. The van der Waals surface area contributed by atoms with Crippen LogP contribution in [0.4, 0.5) is 0 Å². The number of nitrogens with zero attached hydrogens (tertiary/aromatic N) is 2. The first-order valence-corrected chi connectivity index (χ1v) is 9.61. The summed E-state index contributed by atoms with van der Waals surface area (Å²) in [6.07, 6.45) is 2.68. The first kappa shape index (κ1) is 18.1. The zero-order valence-electron chi connectivity index (χ0n) is 15.0. The lowest BCUT2D eigenvalue weighted by Gasteiger charge is -2.38. The molecule has 1 fully saturated rings. The van der Waals surface area contributed by atoms with Gasteiger partial charge in [-0.15, -0.1) is 0 Å². The van der Waals surface area contributed by atoms with E-state index in [1.165, 1.54) is 0 Å². The molecule has 0 bridgehead atoms. The number of hydrogen-bond donors (Lipinski definition) is 2. The van der Waals surface area contributed by atoms with Crippen LogP contribution in [0.5, 0.6) is 0 Å². The number of halogens is 1. The maximum absolute atomic E-state index is 10.8. The van der Waals surface area contributed by atoms with Gasteiger partial charge < -0.3 is 10.4 Å². The Kier molecular flexibility index (Phi) is 5.21. The van der Waals surface area contributed by atoms with Gasteiger partial charge in [0.25, 0.3) is 0 Å². The molecule has 0 amide bonds. The third-order valence-electron chi connectivity index (χ3n) is 5.37. The summed E-state index contributed by atoms with van der Waals surface area (Å²) in [6.45, 7) is 1.79. The lowest BCUT2D eigenvalue weighted by Crippen LogP contribution is -2.41. The van der Waals surface area contributed by atoms with E-state index in [-0.39, 0.29) is 5.41 Å². The number of piperidine rings is 1. The van der Waals surface area contributed by atoms with E-state index in [4.69, 9.17) is 16.6 Å². The average molecular weight is 380 g/mol. The van der Waals surface area contributed by atoms with Crippen LogP contribution in [0, 0.1) is 0 Å². The minimum atomic E-state index is -0.851. The molecule has 1 aromatic heterocycles. The maximum atomic E-state index is 10.8. The van der Waals surface area contributed by atoms with E-state index in [0.29, 0.717) is 5.82 Å². The first-order chi connectivity index (χ1) is 13.2. The summed E-state index contributed by atoms with van der Waals surface area (Å²) < 4.78 is 0. The van der Waals surface area contributed by atoms with Crippen molar-refractivity contribution < 1.29 is 5.11 Å². The Bertz CT molecular complexity index is 910. The van der Waals surface area contributed by atoms with Gasteiger partial charge in [0.05, 0.1) is 5.69 Å². The predicted octanol–water partition coefficient (Wildman–Crippen LogP) is 3.88. The van der Waals surface area contributed by atoms with Crippen molar-refractivity contribution in [3.8, 4) is 0 Å². The number of rotatable bonds is 4. The molecule has 27 heavy (non-hydrogen) atoms. The average Bonchev–Trinajstić information content (AvgIpc) is 2.75. The van der Waals surface area contributed by atoms with Crippen LogP contribution in [-0.2, 0) is 5.41 Å². The summed E-state index contributed by atoms with van der Waals surface area (Å²) in [5.74, 6) is 0.420. The fourth-order valence-electron chi connectivity index (χ4n) is 3.92. The molecule has 1 atom stereocenters. The highest BCUT2D eigenvalue weighted by atomic mass is 35.5. The van der Waals surface area contributed by atoms with Crippen molar-refractivity contribution in [2.45, 2.75) is 24.4 Å².